The zero-order valence-electron chi connectivity index (χ0n) is 11.4. The Morgan fingerprint density at radius 2 is 1.71 bits per heavy atom. The van der Waals surface area contributed by atoms with E-state index in [0.717, 1.165) is 6.42 Å². The van der Waals surface area contributed by atoms with Gasteiger partial charge in [0.05, 0.1) is 0 Å². The van der Waals surface area contributed by atoms with Crippen LogP contribution < -0.4 is 18.9 Å². The third-order valence-electron chi connectivity index (χ3n) is 3.14. The zero-order valence-corrected chi connectivity index (χ0v) is 10.4. The van der Waals surface area contributed by atoms with Crippen molar-refractivity contribution >= 4 is 6.08 Å². The quantitative estimate of drug-likeness (QED) is 0.630. The maximum absolute atomic E-state index is 2.32. The third kappa shape index (κ3) is 2.25. The van der Waals surface area contributed by atoms with Gasteiger partial charge in [-0.15, -0.1) is 0 Å². The van der Waals surface area contributed by atoms with Gasteiger partial charge in [-0.2, -0.15) is 0 Å². The van der Waals surface area contributed by atoms with E-state index in [1.807, 2.05) is 0 Å². The van der Waals surface area contributed by atoms with E-state index in [4.69, 9.17) is 0 Å². The van der Waals surface area contributed by atoms with Crippen LogP contribution in [-0.2, 0) is 6.42 Å². The molecule has 0 aromatic heterocycles. The van der Waals surface area contributed by atoms with Gasteiger partial charge >= 0.3 is 18.9 Å². The molecule has 0 radical (unpaired) electrons. The van der Waals surface area contributed by atoms with Crippen LogP contribution in [-0.4, -0.2) is 0 Å². The first-order valence-corrected chi connectivity index (χ1v) is 5.69. The summed E-state index contributed by atoms with van der Waals surface area (Å²) in [6, 6.07) is 17.2. The van der Waals surface area contributed by atoms with Crippen LogP contribution in [0.25, 0.3) is 17.2 Å². The molecule has 0 bridgehead atoms. The Morgan fingerprint density at radius 1 is 0.941 bits per heavy atom. The van der Waals surface area contributed by atoms with Crippen LogP contribution in [0.5, 0.6) is 0 Å². The zero-order chi connectivity index (χ0) is 11.0. The average molecular weight is 214 g/mol. The summed E-state index contributed by atoms with van der Waals surface area (Å²) in [5.74, 6) is 0. The number of hydrogen-bond donors (Lipinski definition) is 0. The van der Waals surface area contributed by atoms with Crippen molar-refractivity contribution in [2.24, 2.45) is 0 Å². The Balaban J connectivity index is 0.000000810. The van der Waals surface area contributed by atoms with Crippen molar-refractivity contribution in [3.8, 4) is 11.1 Å². The topological polar surface area (TPSA) is 0 Å². The van der Waals surface area contributed by atoms with E-state index in [9.17, 15) is 0 Å². The molecule has 0 unspecified atom stereocenters. The number of rotatable bonds is 1. The van der Waals surface area contributed by atoms with Gasteiger partial charge < -0.3 is 1.43 Å². The predicted molar refractivity (Wildman–Crippen MR) is 70.3 cm³/mol. The molecule has 0 atom stereocenters. The first-order chi connectivity index (χ1) is 7.84. The molecule has 0 spiro atoms. The fraction of sp³-hybridized carbons (Fsp3) is 0.125. The van der Waals surface area contributed by atoms with Crippen molar-refractivity contribution in [2.45, 2.75) is 13.3 Å². The molecule has 0 nitrogen and oxygen atoms in total. The second kappa shape index (κ2) is 4.96. The van der Waals surface area contributed by atoms with Gasteiger partial charge in [0.15, 0.2) is 0 Å². The van der Waals surface area contributed by atoms with Crippen molar-refractivity contribution in [3.63, 3.8) is 0 Å². The summed E-state index contributed by atoms with van der Waals surface area (Å²) in [6.45, 7) is 2.20. The van der Waals surface area contributed by atoms with Gasteiger partial charge in [-0.3, -0.25) is 0 Å². The smallest absolute Gasteiger partial charge is 1.00 e. The summed E-state index contributed by atoms with van der Waals surface area (Å²) < 4.78 is 0. The van der Waals surface area contributed by atoms with Crippen molar-refractivity contribution in [3.05, 3.63) is 65.2 Å². The minimum Gasteiger partial charge on any atom is -1.00 e. The Kier molecular flexibility index (Phi) is 3.57. The largest absolute Gasteiger partial charge is 1.00 e. The van der Waals surface area contributed by atoms with Crippen LogP contribution in [0, 0.1) is 0 Å². The Hall–Kier alpha value is -1.22. The van der Waals surface area contributed by atoms with E-state index < -0.39 is 0 Å². The Bertz CT molecular complexity index is 559. The predicted octanol–water partition coefficient (Wildman–Crippen LogP) is 1.43. The third-order valence-corrected chi connectivity index (χ3v) is 3.14. The maximum Gasteiger partial charge on any atom is 1.00 e. The van der Waals surface area contributed by atoms with Crippen LogP contribution in [0.3, 0.4) is 0 Å². The van der Waals surface area contributed by atoms with Crippen LogP contribution >= 0.6 is 0 Å². The van der Waals surface area contributed by atoms with Gasteiger partial charge in [0, 0.05) is 0 Å². The van der Waals surface area contributed by atoms with Crippen molar-refractivity contribution in [1.82, 2.24) is 0 Å². The standard InChI is InChI=1S/C16H14.Li.H/c1-12-10-14-8-5-9-15(16(14)11-12)13-6-3-2-4-7-13;;/h2-9,11H,10H2,1H3;;/q;+1;-1. The van der Waals surface area contributed by atoms with E-state index >= 15 is 0 Å². The minimum atomic E-state index is 0. The Morgan fingerprint density at radius 3 is 2.47 bits per heavy atom. The molecule has 0 heterocycles. The van der Waals surface area contributed by atoms with Crippen LogP contribution in [0.1, 0.15) is 19.5 Å². The molecule has 0 saturated carbocycles. The molecule has 0 saturated heterocycles. The van der Waals surface area contributed by atoms with Crippen molar-refractivity contribution in [1.29, 1.82) is 0 Å². The fourth-order valence-corrected chi connectivity index (χ4v) is 2.40. The normalized spacial score (nSPS) is 12.6. The van der Waals surface area contributed by atoms with Crippen molar-refractivity contribution < 1.29 is 20.3 Å². The first kappa shape index (κ1) is 12.2. The minimum absolute atomic E-state index is 0. The molecule has 1 aliphatic carbocycles. The number of benzene rings is 2. The molecular formula is C16H15Li. The van der Waals surface area contributed by atoms with Gasteiger partial charge in [-0.05, 0) is 35.6 Å². The number of fused-ring (bicyclic) bond motifs is 1. The molecule has 0 amide bonds. The summed E-state index contributed by atoms with van der Waals surface area (Å²) in [4.78, 5) is 0. The molecule has 0 aliphatic heterocycles. The molecule has 0 N–H and O–H groups in total. The maximum atomic E-state index is 2.32. The number of allylic oxidation sites excluding steroid dienone is 1. The second-order valence-electron chi connectivity index (χ2n) is 4.41. The monoisotopic (exact) mass is 214 g/mol. The molecule has 3 rings (SSSR count). The molecular weight excluding hydrogens is 199 g/mol. The summed E-state index contributed by atoms with van der Waals surface area (Å²) in [5.41, 5.74) is 6.99. The fourth-order valence-electron chi connectivity index (χ4n) is 2.40. The Labute approximate surface area is 116 Å². The molecule has 17 heavy (non-hydrogen) atoms. The molecule has 1 heteroatoms. The molecule has 0 fully saturated rings. The second-order valence-corrected chi connectivity index (χ2v) is 4.41. The molecule has 2 aromatic carbocycles. The molecule has 2 aromatic rings. The van der Waals surface area contributed by atoms with E-state index in [0.29, 0.717) is 0 Å². The SMILES string of the molecule is CC1=Cc2c(cccc2-c2ccccc2)C1.[H-].[Li+]. The van der Waals surface area contributed by atoms with Gasteiger partial charge in [0.1, 0.15) is 0 Å². The van der Waals surface area contributed by atoms with E-state index in [1.54, 1.807) is 0 Å². The average Bonchev–Trinajstić information content (AvgIpc) is 2.70. The number of hydrogen-bond acceptors (Lipinski definition) is 0. The molecule has 1 aliphatic rings. The molecule has 80 valence electrons. The van der Waals surface area contributed by atoms with Crippen LogP contribution in [0.2, 0.25) is 0 Å². The van der Waals surface area contributed by atoms with Gasteiger partial charge in [0.25, 0.3) is 0 Å². The first-order valence-electron chi connectivity index (χ1n) is 5.69. The van der Waals surface area contributed by atoms with Gasteiger partial charge in [-0.1, -0.05) is 60.2 Å². The summed E-state index contributed by atoms with van der Waals surface area (Å²) in [6.07, 6.45) is 3.42. The van der Waals surface area contributed by atoms with Crippen LogP contribution in [0.15, 0.2) is 54.1 Å². The summed E-state index contributed by atoms with van der Waals surface area (Å²) >= 11 is 0. The van der Waals surface area contributed by atoms with E-state index in [-0.39, 0.29) is 20.3 Å². The van der Waals surface area contributed by atoms with Gasteiger partial charge in [0.2, 0.25) is 0 Å². The van der Waals surface area contributed by atoms with Crippen molar-refractivity contribution in [2.75, 3.05) is 0 Å². The van der Waals surface area contributed by atoms with Gasteiger partial charge in [-0.25, -0.2) is 0 Å². The van der Waals surface area contributed by atoms with E-state index in [1.165, 1.54) is 27.8 Å². The van der Waals surface area contributed by atoms with E-state index in [2.05, 4.69) is 61.5 Å². The summed E-state index contributed by atoms with van der Waals surface area (Å²) in [7, 11) is 0. The van der Waals surface area contributed by atoms with Crippen LogP contribution in [0.4, 0.5) is 0 Å². The summed E-state index contributed by atoms with van der Waals surface area (Å²) in [5, 5.41) is 0.